The van der Waals surface area contributed by atoms with E-state index in [1.165, 1.54) is 30.0 Å². The van der Waals surface area contributed by atoms with Gasteiger partial charge >= 0.3 is 0 Å². The topological polar surface area (TPSA) is 49.4 Å². The summed E-state index contributed by atoms with van der Waals surface area (Å²) in [6.07, 6.45) is 0.895. The maximum Gasteiger partial charge on any atom is 0.244 e. The SMILES string of the molecule is CCc1ccc(N(CC(=O)Nc2ccc(F)c(Cl)c2)C(C)=O)cc1. The van der Waals surface area contributed by atoms with E-state index in [-0.39, 0.29) is 17.5 Å². The van der Waals surface area contributed by atoms with Gasteiger partial charge in [-0.1, -0.05) is 30.7 Å². The van der Waals surface area contributed by atoms with Crippen LogP contribution < -0.4 is 10.2 Å². The molecule has 2 amide bonds. The van der Waals surface area contributed by atoms with Gasteiger partial charge < -0.3 is 10.2 Å². The van der Waals surface area contributed by atoms with Gasteiger partial charge in [-0.25, -0.2) is 4.39 Å². The summed E-state index contributed by atoms with van der Waals surface area (Å²) in [5.74, 6) is -1.20. The number of halogens is 2. The van der Waals surface area contributed by atoms with Gasteiger partial charge in [-0.05, 0) is 42.3 Å². The van der Waals surface area contributed by atoms with Crippen molar-refractivity contribution >= 4 is 34.8 Å². The Morgan fingerprint density at radius 2 is 1.83 bits per heavy atom. The van der Waals surface area contributed by atoms with Crippen LogP contribution in [0.15, 0.2) is 42.5 Å². The Bertz CT molecular complexity index is 747. The van der Waals surface area contributed by atoms with E-state index in [0.29, 0.717) is 11.4 Å². The fourth-order valence-electron chi connectivity index (χ4n) is 2.21. The van der Waals surface area contributed by atoms with E-state index in [0.717, 1.165) is 12.0 Å². The number of rotatable bonds is 5. The van der Waals surface area contributed by atoms with Gasteiger partial charge in [0.05, 0.1) is 5.02 Å². The third kappa shape index (κ3) is 4.55. The molecular formula is C18H18ClFN2O2. The molecule has 2 aromatic carbocycles. The zero-order valence-corrected chi connectivity index (χ0v) is 14.2. The van der Waals surface area contributed by atoms with Crippen molar-refractivity contribution in [2.24, 2.45) is 0 Å². The van der Waals surface area contributed by atoms with Crippen LogP contribution in [0, 0.1) is 5.82 Å². The lowest BCUT2D eigenvalue weighted by Gasteiger charge is -2.21. The van der Waals surface area contributed by atoms with Crippen LogP contribution in [0.25, 0.3) is 0 Å². The molecular weight excluding hydrogens is 331 g/mol. The summed E-state index contributed by atoms with van der Waals surface area (Å²) in [4.78, 5) is 25.4. The Kier molecular flexibility index (Phi) is 5.93. The fraction of sp³-hybridized carbons (Fsp3) is 0.222. The summed E-state index contributed by atoms with van der Waals surface area (Å²) in [5, 5.41) is 2.53. The molecule has 0 aliphatic heterocycles. The molecule has 4 nitrogen and oxygen atoms in total. The molecule has 2 rings (SSSR count). The van der Waals surface area contributed by atoms with E-state index in [4.69, 9.17) is 11.6 Å². The van der Waals surface area contributed by atoms with E-state index in [9.17, 15) is 14.0 Å². The highest BCUT2D eigenvalue weighted by Crippen LogP contribution is 2.20. The molecule has 0 aliphatic carbocycles. The van der Waals surface area contributed by atoms with Crippen LogP contribution in [0.5, 0.6) is 0 Å². The lowest BCUT2D eigenvalue weighted by molar-refractivity contribution is -0.120. The number of benzene rings is 2. The molecule has 0 aliphatic rings. The van der Waals surface area contributed by atoms with Crippen molar-refractivity contribution in [3.8, 4) is 0 Å². The number of aryl methyl sites for hydroxylation is 1. The first-order chi connectivity index (χ1) is 11.4. The Labute approximate surface area is 145 Å². The van der Waals surface area contributed by atoms with Crippen LogP contribution in [0.1, 0.15) is 19.4 Å². The van der Waals surface area contributed by atoms with Crippen molar-refractivity contribution in [2.75, 3.05) is 16.8 Å². The highest BCUT2D eigenvalue weighted by atomic mass is 35.5. The fourth-order valence-corrected chi connectivity index (χ4v) is 2.39. The molecule has 6 heteroatoms. The molecule has 0 saturated heterocycles. The van der Waals surface area contributed by atoms with Crippen LogP contribution in [0.3, 0.4) is 0 Å². The Morgan fingerprint density at radius 1 is 1.17 bits per heavy atom. The number of hydrogen-bond donors (Lipinski definition) is 1. The van der Waals surface area contributed by atoms with Gasteiger partial charge in [0.2, 0.25) is 11.8 Å². The second-order valence-corrected chi connectivity index (χ2v) is 5.71. The minimum Gasteiger partial charge on any atom is -0.324 e. The monoisotopic (exact) mass is 348 g/mol. The minimum absolute atomic E-state index is 0.0774. The van der Waals surface area contributed by atoms with Crippen LogP contribution in [-0.4, -0.2) is 18.4 Å². The van der Waals surface area contributed by atoms with Crippen molar-refractivity contribution in [1.82, 2.24) is 0 Å². The van der Waals surface area contributed by atoms with Crippen LogP contribution in [0.2, 0.25) is 5.02 Å². The zero-order valence-electron chi connectivity index (χ0n) is 13.5. The maximum absolute atomic E-state index is 13.1. The molecule has 0 aromatic heterocycles. The number of nitrogens with one attached hydrogen (secondary N) is 1. The van der Waals surface area contributed by atoms with Crippen molar-refractivity contribution in [3.05, 3.63) is 58.9 Å². The van der Waals surface area contributed by atoms with E-state index in [1.807, 2.05) is 31.2 Å². The molecule has 0 bridgehead atoms. The van der Waals surface area contributed by atoms with E-state index < -0.39 is 11.7 Å². The van der Waals surface area contributed by atoms with Crippen molar-refractivity contribution in [3.63, 3.8) is 0 Å². The predicted octanol–water partition coefficient (Wildman–Crippen LogP) is 4.03. The summed E-state index contributed by atoms with van der Waals surface area (Å²) in [5.41, 5.74) is 2.16. The first-order valence-electron chi connectivity index (χ1n) is 7.52. The first kappa shape index (κ1) is 17.9. The van der Waals surface area contributed by atoms with E-state index in [2.05, 4.69) is 5.32 Å². The Balaban J connectivity index is 2.10. The molecule has 0 unspecified atom stereocenters. The second kappa shape index (κ2) is 7.93. The molecule has 0 radical (unpaired) electrons. The summed E-state index contributed by atoms with van der Waals surface area (Å²) in [6.45, 7) is 3.30. The van der Waals surface area contributed by atoms with Gasteiger partial charge in [0.1, 0.15) is 12.4 Å². The number of carbonyl (C=O) groups excluding carboxylic acids is 2. The third-order valence-electron chi connectivity index (χ3n) is 3.54. The summed E-state index contributed by atoms with van der Waals surface area (Å²) < 4.78 is 13.1. The highest BCUT2D eigenvalue weighted by molar-refractivity contribution is 6.31. The average Bonchev–Trinajstić information content (AvgIpc) is 2.56. The molecule has 2 aromatic rings. The molecule has 126 valence electrons. The molecule has 24 heavy (non-hydrogen) atoms. The molecule has 1 N–H and O–H groups in total. The second-order valence-electron chi connectivity index (χ2n) is 5.30. The summed E-state index contributed by atoms with van der Waals surface area (Å²) in [6, 6.07) is 11.4. The summed E-state index contributed by atoms with van der Waals surface area (Å²) >= 11 is 5.69. The van der Waals surface area contributed by atoms with Gasteiger partial charge in [0.25, 0.3) is 0 Å². The van der Waals surface area contributed by atoms with Crippen molar-refractivity contribution < 1.29 is 14.0 Å². The van der Waals surface area contributed by atoms with E-state index >= 15 is 0 Å². The highest BCUT2D eigenvalue weighted by Gasteiger charge is 2.16. The standard InChI is InChI=1S/C18H18ClFN2O2/c1-3-13-4-7-15(8-5-13)22(12(2)23)11-18(24)21-14-6-9-17(20)16(19)10-14/h4-10H,3,11H2,1-2H3,(H,21,24). The van der Waals surface area contributed by atoms with Gasteiger partial charge in [-0.15, -0.1) is 0 Å². The average molecular weight is 349 g/mol. The number of nitrogens with zero attached hydrogens (tertiary/aromatic N) is 1. The van der Waals surface area contributed by atoms with Gasteiger partial charge in [-0.3, -0.25) is 9.59 Å². The first-order valence-corrected chi connectivity index (χ1v) is 7.90. The van der Waals surface area contributed by atoms with Crippen LogP contribution >= 0.6 is 11.6 Å². The number of anilines is 2. The van der Waals surface area contributed by atoms with E-state index in [1.54, 1.807) is 0 Å². The number of carbonyl (C=O) groups is 2. The normalized spacial score (nSPS) is 10.3. The third-order valence-corrected chi connectivity index (χ3v) is 3.83. The van der Waals surface area contributed by atoms with Crippen molar-refractivity contribution in [2.45, 2.75) is 20.3 Å². The predicted molar refractivity (Wildman–Crippen MR) is 93.9 cm³/mol. The molecule has 0 saturated carbocycles. The molecule has 0 heterocycles. The zero-order chi connectivity index (χ0) is 17.7. The smallest absolute Gasteiger partial charge is 0.244 e. The van der Waals surface area contributed by atoms with Gasteiger partial charge in [0.15, 0.2) is 0 Å². The molecule has 0 fully saturated rings. The quantitative estimate of drug-likeness (QED) is 0.886. The number of amides is 2. The van der Waals surface area contributed by atoms with Crippen LogP contribution in [0.4, 0.5) is 15.8 Å². The Hall–Kier alpha value is -2.40. The summed E-state index contributed by atoms with van der Waals surface area (Å²) in [7, 11) is 0. The lowest BCUT2D eigenvalue weighted by Crippen LogP contribution is -2.36. The van der Waals surface area contributed by atoms with Gasteiger partial charge in [0, 0.05) is 18.3 Å². The maximum atomic E-state index is 13.1. The lowest BCUT2D eigenvalue weighted by atomic mass is 10.1. The largest absolute Gasteiger partial charge is 0.324 e. The minimum atomic E-state index is -0.559. The molecule has 0 spiro atoms. The Morgan fingerprint density at radius 3 is 2.38 bits per heavy atom. The van der Waals surface area contributed by atoms with Gasteiger partial charge in [-0.2, -0.15) is 0 Å². The van der Waals surface area contributed by atoms with Crippen LogP contribution in [-0.2, 0) is 16.0 Å². The number of hydrogen-bond acceptors (Lipinski definition) is 2. The van der Waals surface area contributed by atoms with Crippen molar-refractivity contribution in [1.29, 1.82) is 0 Å². The molecule has 0 atom stereocenters.